The number of benzene rings is 3. The zero-order chi connectivity index (χ0) is 42.0. The van der Waals surface area contributed by atoms with Crippen molar-refractivity contribution in [1.29, 1.82) is 0 Å². The molecule has 1 unspecified atom stereocenters. The van der Waals surface area contributed by atoms with E-state index in [9.17, 15) is 24.3 Å². The highest BCUT2D eigenvalue weighted by Gasteiger charge is 2.39. The third-order valence-electron chi connectivity index (χ3n) is 11.5. The van der Waals surface area contributed by atoms with Gasteiger partial charge in [0.25, 0.3) is 0 Å². The monoisotopic (exact) mass is 836 g/mol. The van der Waals surface area contributed by atoms with Crippen LogP contribution >= 0.6 is 11.3 Å². The van der Waals surface area contributed by atoms with Gasteiger partial charge in [-0.1, -0.05) is 96.3 Å². The number of allylic oxidation sites excluding steroid dienone is 1. The molecule has 0 saturated carbocycles. The number of nitrogens with one attached hydrogen (secondary N) is 3. The number of rotatable bonds is 12. The van der Waals surface area contributed by atoms with Crippen LogP contribution in [0, 0.1) is 0 Å². The van der Waals surface area contributed by atoms with Crippen molar-refractivity contribution >= 4 is 51.2 Å². The standard InChI is InChI=1S/C45H44N10O5S/c1-27(57)48-39(30-10-4-2-5-11-30)43(59)53-20-8-14-36(53)33-22-32(23-46-33)42-52-55-25-35(50-45(55)61-42)29-18-16-28(17-19-29)34-24-47-41(49-34)37-15-9-21-54(37)44(60)40(51-38(58)26-56)31-12-6-3-7-13-31/h2-7,10-13,16-19,23-25,36-37,39-40,56H,8-9,14-15,20-22,26H2,1H3,(H,47,49)(H,48,57)(H,51,58)/t36?,37-,39+,40+/m0/s1. The highest BCUT2D eigenvalue weighted by atomic mass is 32.1. The highest BCUT2D eigenvalue weighted by molar-refractivity contribution is 7.17. The fourth-order valence-corrected chi connectivity index (χ4v) is 9.41. The van der Waals surface area contributed by atoms with E-state index in [0.717, 1.165) is 75.0 Å². The minimum Gasteiger partial charge on any atom is -0.387 e. The van der Waals surface area contributed by atoms with Gasteiger partial charge in [0.2, 0.25) is 28.6 Å². The maximum absolute atomic E-state index is 13.9. The number of fused-ring (bicyclic) bond motifs is 1. The van der Waals surface area contributed by atoms with Gasteiger partial charge in [0.15, 0.2) is 0 Å². The fraction of sp³-hybridized carbons (Fsp3) is 0.289. The molecule has 3 aromatic carbocycles. The van der Waals surface area contributed by atoms with Crippen molar-refractivity contribution in [2.45, 2.75) is 63.2 Å². The summed E-state index contributed by atoms with van der Waals surface area (Å²) in [5.74, 6) is -0.589. The number of imidazole rings is 2. The molecular weight excluding hydrogens is 793 g/mol. The number of hydrogen-bond donors (Lipinski definition) is 4. The minimum atomic E-state index is -0.922. The zero-order valence-corrected chi connectivity index (χ0v) is 34.2. The Labute approximate surface area is 355 Å². The van der Waals surface area contributed by atoms with Gasteiger partial charge in [0, 0.05) is 49.5 Å². The van der Waals surface area contributed by atoms with E-state index in [0.29, 0.717) is 30.9 Å². The Balaban J connectivity index is 0.845. The Hall–Kier alpha value is -6.78. The summed E-state index contributed by atoms with van der Waals surface area (Å²) in [6, 6.07) is 24.3. The largest absolute Gasteiger partial charge is 0.387 e. The lowest BCUT2D eigenvalue weighted by atomic mass is 10.0. The van der Waals surface area contributed by atoms with Crippen LogP contribution in [0.1, 0.15) is 79.1 Å². The molecule has 4 atom stereocenters. The van der Waals surface area contributed by atoms with Gasteiger partial charge < -0.3 is 30.5 Å². The van der Waals surface area contributed by atoms with Crippen LogP contribution in [-0.2, 0) is 19.2 Å². The van der Waals surface area contributed by atoms with Crippen LogP contribution in [0.5, 0.6) is 0 Å². The number of aliphatic imine (C=N–C) groups is 1. The van der Waals surface area contributed by atoms with E-state index in [2.05, 4.69) is 20.6 Å². The summed E-state index contributed by atoms with van der Waals surface area (Å²) in [6.45, 7) is 1.85. The predicted octanol–water partition coefficient (Wildman–Crippen LogP) is 5.42. The number of aromatic amines is 1. The van der Waals surface area contributed by atoms with Gasteiger partial charge in [-0.3, -0.25) is 24.2 Å². The third kappa shape index (κ3) is 8.11. The molecule has 15 nitrogen and oxygen atoms in total. The van der Waals surface area contributed by atoms with E-state index in [1.54, 1.807) is 27.7 Å². The van der Waals surface area contributed by atoms with Gasteiger partial charge in [0.05, 0.1) is 35.9 Å². The number of aromatic nitrogens is 5. The number of amides is 4. The second kappa shape index (κ2) is 17.1. The predicted molar refractivity (Wildman–Crippen MR) is 230 cm³/mol. The number of aliphatic hydroxyl groups is 1. The smallest absolute Gasteiger partial charge is 0.250 e. The van der Waals surface area contributed by atoms with Crippen molar-refractivity contribution in [1.82, 2.24) is 45.0 Å². The molecule has 3 aromatic heterocycles. The number of H-pyrrole nitrogens is 1. The third-order valence-corrected chi connectivity index (χ3v) is 12.5. The first-order valence-electron chi connectivity index (χ1n) is 20.4. The summed E-state index contributed by atoms with van der Waals surface area (Å²) >= 11 is 1.49. The van der Waals surface area contributed by atoms with Gasteiger partial charge in [0.1, 0.15) is 29.5 Å². The summed E-state index contributed by atoms with van der Waals surface area (Å²) in [7, 11) is 0. The lowest BCUT2D eigenvalue weighted by molar-refractivity contribution is -0.138. The van der Waals surface area contributed by atoms with Crippen molar-refractivity contribution in [2.24, 2.45) is 4.99 Å². The number of carbonyl (C=O) groups excluding carboxylic acids is 4. The number of aliphatic hydroxyl groups excluding tert-OH is 1. The molecule has 6 aromatic rings. The van der Waals surface area contributed by atoms with Crippen molar-refractivity contribution in [3.63, 3.8) is 0 Å². The molecule has 4 N–H and O–H groups in total. The summed E-state index contributed by atoms with van der Waals surface area (Å²) in [4.78, 5) is 74.2. The Bertz CT molecular complexity index is 2620. The van der Waals surface area contributed by atoms with Gasteiger partial charge >= 0.3 is 0 Å². The maximum atomic E-state index is 13.9. The van der Waals surface area contributed by atoms with Crippen LogP contribution < -0.4 is 10.6 Å². The number of likely N-dealkylation sites (tertiary alicyclic amines) is 2. The molecule has 2 fully saturated rings. The molecule has 0 bridgehead atoms. The summed E-state index contributed by atoms with van der Waals surface area (Å²) in [6.07, 6.45) is 9.30. The van der Waals surface area contributed by atoms with Gasteiger partial charge in [-0.05, 0) is 42.4 Å². The molecule has 6 heterocycles. The molecule has 9 rings (SSSR count). The van der Waals surface area contributed by atoms with E-state index in [4.69, 9.17) is 15.1 Å². The molecular formula is C45H44N10O5S. The Morgan fingerprint density at radius 3 is 2.10 bits per heavy atom. The average Bonchev–Trinajstić information content (AvgIpc) is 4.14. The molecule has 0 spiro atoms. The van der Waals surface area contributed by atoms with Crippen molar-refractivity contribution in [2.75, 3.05) is 19.7 Å². The van der Waals surface area contributed by atoms with E-state index >= 15 is 0 Å². The van der Waals surface area contributed by atoms with E-state index in [1.807, 2.05) is 90.1 Å². The first-order chi connectivity index (χ1) is 29.7. The van der Waals surface area contributed by atoms with Crippen LogP contribution in [0.3, 0.4) is 0 Å². The summed E-state index contributed by atoms with van der Waals surface area (Å²) in [5.41, 5.74) is 6.74. The Morgan fingerprint density at radius 2 is 1.46 bits per heavy atom. The molecule has 0 radical (unpaired) electrons. The molecule has 3 aliphatic rings. The first kappa shape index (κ1) is 39.7. The SMILES string of the molecule is CC(=O)N[C@@H](C(=O)N1CCCC1C1=NC=C(c2nn3cc(-c4ccc(-c5cnc([C@@H]6CCCN6C(=O)[C@H](NC(=O)CO)c6ccccc6)[nH]5)cc4)nc3s2)C1)c1ccccc1. The maximum Gasteiger partial charge on any atom is 0.250 e. The van der Waals surface area contributed by atoms with E-state index < -0.39 is 24.6 Å². The van der Waals surface area contributed by atoms with E-state index in [-0.39, 0.29) is 29.8 Å². The number of carbonyl (C=O) groups is 4. The lowest BCUT2D eigenvalue weighted by Crippen LogP contribution is -2.46. The molecule has 3 aliphatic heterocycles. The van der Waals surface area contributed by atoms with Crippen LogP contribution in [-0.4, -0.2) is 94.6 Å². The topological polar surface area (TPSA) is 190 Å². The van der Waals surface area contributed by atoms with Crippen LogP contribution in [0.4, 0.5) is 0 Å². The van der Waals surface area contributed by atoms with Crippen LogP contribution in [0.25, 0.3) is 33.0 Å². The van der Waals surface area contributed by atoms with Crippen molar-refractivity contribution < 1.29 is 24.3 Å². The zero-order valence-electron chi connectivity index (χ0n) is 33.4. The fourth-order valence-electron chi connectivity index (χ4n) is 8.52. The van der Waals surface area contributed by atoms with Crippen LogP contribution in [0.2, 0.25) is 0 Å². The lowest BCUT2D eigenvalue weighted by Gasteiger charge is -2.29. The summed E-state index contributed by atoms with van der Waals surface area (Å²) < 4.78 is 1.79. The molecule has 0 aliphatic carbocycles. The molecule has 2 saturated heterocycles. The quantitative estimate of drug-likeness (QED) is 0.126. The van der Waals surface area contributed by atoms with Crippen molar-refractivity contribution in [3.05, 3.63) is 125 Å². The van der Waals surface area contributed by atoms with Gasteiger partial charge in [-0.2, -0.15) is 5.10 Å². The van der Waals surface area contributed by atoms with Crippen molar-refractivity contribution in [3.8, 4) is 22.5 Å². The van der Waals surface area contributed by atoms with Crippen LogP contribution in [0.15, 0.2) is 109 Å². The molecule has 16 heteroatoms. The average molecular weight is 837 g/mol. The Kier molecular flexibility index (Phi) is 11.1. The summed E-state index contributed by atoms with van der Waals surface area (Å²) in [5, 5.41) is 20.6. The molecule has 310 valence electrons. The highest BCUT2D eigenvalue weighted by Crippen LogP contribution is 2.36. The minimum absolute atomic E-state index is 0.131. The first-order valence-corrected chi connectivity index (χ1v) is 21.2. The normalized spacial score (nSPS) is 18.5. The van der Waals surface area contributed by atoms with E-state index in [1.165, 1.54) is 18.3 Å². The molecule has 61 heavy (non-hydrogen) atoms. The number of nitrogens with zero attached hydrogens (tertiary/aromatic N) is 7. The second-order valence-corrected chi connectivity index (χ2v) is 16.4. The number of hydrogen-bond acceptors (Lipinski definition) is 10. The van der Waals surface area contributed by atoms with Gasteiger partial charge in [-0.15, -0.1) is 0 Å². The van der Waals surface area contributed by atoms with Gasteiger partial charge in [-0.25, -0.2) is 14.5 Å². The Morgan fingerprint density at radius 1 is 0.836 bits per heavy atom. The second-order valence-electron chi connectivity index (χ2n) is 15.5. The molecule has 4 amide bonds.